The summed E-state index contributed by atoms with van der Waals surface area (Å²) in [5.74, 6) is -1.02. The number of ether oxygens (including phenoxy) is 8. The molecule has 1 spiro atoms. The minimum absolute atomic E-state index is 0.178. The highest BCUT2D eigenvalue weighted by atomic mass is 16.8. The lowest BCUT2D eigenvalue weighted by Gasteiger charge is -2.37. The summed E-state index contributed by atoms with van der Waals surface area (Å²) in [6, 6.07) is 0. The van der Waals surface area contributed by atoms with Gasteiger partial charge in [0.15, 0.2) is 24.2 Å². The Balaban J connectivity index is 1.40. The van der Waals surface area contributed by atoms with Crippen LogP contribution < -0.4 is 0 Å². The second-order valence-corrected chi connectivity index (χ2v) is 9.60. The largest absolute Gasteiger partial charge is 0.382 e. The number of hydrogen-bond acceptors (Lipinski definition) is 8. The van der Waals surface area contributed by atoms with Gasteiger partial charge in [-0.05, 0) is 32.6 Å². The van der Waals surface area contributed by atoms with E-state index in [4.69, 9.17) is 37.9 Å². The Labute approximate surface area is 192 Å². The molecule has 0 N–H and O–H groups in total. The molecule has 4 rings (SSSR count). The van der Waals surface area contributed by atoms with Crippen molar-refractivity contribution < 1.29 is 37.9 Å². The first-order valence-electron chi connectivity index (χ1n) is 12.5. The molecule has 0 bridgehead atoms. The van der Waals surface area contributed by atoms with Crippen LogP contribution in [0.1, 0.15) is 77.6 Å². The van der Waals surface area contributed by atoms with Gasteiger partial charge in [-0.25, -0.2) is 0 Å². The summed E-state index contributed by atoms with van der Waals surface area (Å²) in [5.41, 5.74) is 0. The SMILES string of the molecule is COCCOC(C)O[C@@H]1C[C@@H](OC2(OC)CCCCC2)O[C@@H]1C1COC2(CCCCC2)O1. The van der Waals surface area contributed by atoms with E-state index in [0.717, 1.165) is 51.4 Å². The third-order valence-electron chi connectivity index (χ3n) is 7.30. The molecular weight excluding hydrogens is 416 g/mol. The fraction of sp³-hybridized carbons (Fsp3) is 1.00. The van der Waals surface area contributed by atoms with Crippen molar-refractivity contribution in [1.82, 2.24) is 0 Å². The molecule has 2 saturated heterocycles. The third-order valence-corrected chi connectivity index (χ3v) is 7.30. The second-order valence-electron chi connectivity index (χ2n) is 9.60. The maximum atomic E-state index is 6.50. The summed E-state index contributed by atoms with van der Waals surface area (Å²) < 4.78 is 48.5. The molecule has 8 heteroatoms. The van der Waals surface area contributed by atoms with E-state index >= 15 is 0 Å². The molecule has 186 valence electrons. The van der Waals surface area contributed by atoms with Gasteiger partial charge in [0, 0.05) is 46.3 Å². The fourth-order valence-electron chi connectivity index (χ4n) is 5.55. The summed E-state index contributed by atoms with van der Waals surface area (Å²) in [6.45, 7) is 3.44. The summed E-state index contributed by atoms with van der Waals surface area (Å²) in [6.07, 6.45) is 9.83. The van der Waals surface area contributed by atoms with Crippen LogP contribution in [-0.2, 0) is 37.9 Å². The van der Waals surface area contributed by atoms with Crippen LogP contribution in [0.3, 0.4) is 0 Å². The zero-order valence-electron chi connectivity index (χ0n) is 20.1. The first-order chi connectivity index (χ1) is 15.6. The smallest absolute Gasteiger partial charge is 0.171 e. The van der Waals surface area contributed by atoms with Gasteiger partial charge >= 0.3 is 0 Å². The molecule has 0 aromatic heterocycles. The normalized spacial score (nSPS) is 35.3. The molecule has 0 amide bonds. The van der Waals surface area contributed by atoms with Crippen molar-refractivity contribution in [3.8, 4) is 0 Å². The number of rotatable bonds is 10. The Morgan fingerprint density at radius 2 is 1.66 bits per heavy atom. The molecule has 2 saturated carbocycles. The lowest BCUT2D eigenvalue weighted by molar-refractivity contribution is -0.311. The van der Waals surface area contributed by atoms with Gasteiger partial charge in [-0.2, -0.15) is 0 Å². The minimum atomic E-state index is -0.569. The van der Waals surface area contributed by atoms with Gasteiger partial charge < -0.3 is 37.9 Å². The highest BCUT2D eigenvalue weighted by Crippen LogP contribution is 2.43. The standard InChI is InChI=1S/C24H42O8/c1-18(27-15-14-25-2)29-19-16-21(32-23(26-3)10-6-4-7-11-23)30-22(19)20-17-28-24(31-20)12-8-5-9-13-24/h18-22H,4-17H2,1-3H3/t18?,19-,20?,21-,22+/m1/s1. The predicted octanol–water partition coefficient (Wildman–Crippen LogP) is 3.89. The van der Waals surface area contributed by atoms with Crippen LogP contribution >= 0.6 is 0 Å². The lowest BCUT2D eigenvalue weighted by Crippen LogP contribution is -2.42. The van der Waals surface area contributed by atoms with Crippen molar-refractivity contribution in [3.63, 3.8) is 0 Å². The van der Waals surface area contributed by atoms with Gasteiger partial charge in [-0.1, -0.05) is 12.8 Å². The molecule has 0 aromatic rings. The van der Waals surface area contributed by atoms with Crippen LogP contribution in [0.2, 0.25) is 0 Å². The van der Waals surface area contributed by atoms with E-state index in [9.17, 15) is 0 Å². The van der Waals surface area contributed by atoms with E-state index in [0.29, 0.717) is 26.2 Å². The van der Waals surface area contributed by atoms with Crippen molar-refractivity contribution in [3.05, 3.63) is 0 Å². The van der Waals surface area contributed by atoms with E-state index in [1.165, 1.54) is 12.8 Å². The molecular formula is C24H42O8. The maximum absolute atomic E-state index is 6.50. The van der Waals surface area contributed by atoms with Crippen LogP contribution in [0.5, 0.6) is 0 Å². The minimum Gasteiger partial charge on any atom is -0.382 e. The van der Waals surface area contributed by atoms with Crippen molar-refractivity contribution in [1.29, 1.82) is 0 Å². The molecule has 2 heterocycles. The molecule has 4 fully saturated rings. The van der Waals surface area contributed by atoms with Gasteiger partial charge in [0.05, 0.1) is 25.9 Å². The monoisotopic (exact) mass is 458 g/mol. The first kappa shape index (κ1) is 24.8. The fourth-order valence-corrected chi connectivity index (χ4v) is 5.55. The van der Waals surface area contributed by atoms with E-state index in [2.05, 4.69) is 0 Å². The van der Waals surface area contributed by atoms with Crippen molar-refractivity contribution in [2.45, 2.75) is 120 Å². The van der Waals surface area contributed by atoms with Gasteiger partial charge in [0.1, 0.15) is 12.2 Å². The number of methoxy groups -OCH3 is 2. The Kier molecular flexibility index (Phi) is 8.84. The van der Waals surface area contributed by atoms with E-state index in [1.54, 1.807) is 14.2 Å². The topological polar surface area (TPSA) is 73.8 Å². The van der Waals surface area contributed by atoms with Crippen LogP contribution in [0.4, 0.5) is 0 Å². The van der Waals surface area contributed by atoms with Crippen LogP contribution in [0.25, 0.3) is 0 Å². The Bertz CT molecular complexity index is 560. The maximum Gasteiger partial charge on any atom is 0.171 e. The summed E-state index contributed by atoms with van der Waals surface area (Å²) in [4.78, 5) is 0. The summed E-state index contributed by atoms with van der Waals surface area (Å²) in [5, 5.41) is 0. The highest BCUT2D eigenvalue weighted by Gasteiger charge is 2.52. The first-order valence-corrected chi connectivity index (χ1v) is 12.5. The van der Waals surface area contributed by atoms with Crippen molar-refractivity contribution in [2.24, 2.45) is 0 Å². The summed E-state index contributed by atoms with van der Waals surface area (Å²) >= 11 is 0. The second kappa shape index (κ2) is 11.4. The zero-order valence-corrected chi connectivity index (χ0v) is 20.1. The average molecular weight is 459 g/mol. The van der Waals surface area contributed by atoms with E-state index in [-0.39, 0.29) is 24.6 Å². The van der Waals surface area contributed by atoms with Gasteiger partial charge in [0.25, 0.3) is 0 Å². The molecule has 2 unspecified atom stereocenters. The van der Waals surface area contributed by atoms with Crippen LogP contribution in [0, 0.1) is 0 Å². The molecule has 2 aliphatic carbocycles. The Hall–Kier alpha value is -0.320. The lowest BCUT2D eigenvalue weighted by atomic mass is 9.94. The number of hydrogen-bond donors (Lipinski definition) is 0. The molecule has 2 aliphatic heterocycles. The van der Waals surface area contributed by atoms with Crippen molar-refractivity contribution in [2.75, 3.05) is 34.0 Å². The third kappa shape index (κ3) is 6.02. The van der Waals surface area contributed by atoms with Gasteiger partial charge in [-0.3, -0.25) is 0 Å². The molecule has 0 aromatic carbocycles. The van der Waals surface area contributed by atoms with Crippen LogP contribution in [0.15, 0.2) is 0 Å². The Morgan fingerprint density at radius 1 is 0.938 bits per heavy atom. The van der Waals surface area contributed by atoms with Gasteiger partial charge in [-0.15, -0.1) is 0 Å². The predicted molar refractivity (Wildman–Crippen MR) is 116 cm³/mol. The van der Waals surface area contributed by atoms with E-state index < -0.39 is 17.9 Å². The quantitative estimate of drug-likeness (QED) is 0.361. The molecule has 4 aliphatic rings. The van der Waals surface area contributed by atoms with Crippen LogP contribution in [-0.4, -0.2) is 76.5 Å². The molecule has 8 nitrogen and oxygen atoms in total. The van der Waals surface area contributed by atoms with E-state index in [1.807, 2.05) is 6.92 Å². The zero-order chi connectivity index (χ0) is 22.4. The Morgan fingerprint density at radius 3 is 2.34 bits per heavy atom. The summed E-state index contributed by atoms with van der Waals surface area (Å²) in [7, 11) is 3.39. The molecule has 32 heavy (non-hydrogen) atoms. The molecule has 5 atom stereocenters. The highest BCUT2D eigenvalue weighted by molar-refractivity contribution is 4.93. The van der Waals surface area contributed by atoms with Crippen molar-refractivity contribution >= 4 is 0 Å². The molecule has 0 radical (unpaired) electrons. The average Bonchev–Trinajstić information content (AvgIpc) is 3.39. The van der Waals surface area contributed by atoms with Gasteiger partial charge in [0.2, 0.25) is 0 Å².